The summed E-state index contributed by atoms with van der Waals surface area (Å²) in [4.78, 5) is 21.7. The molecule has 9 nitrogen and oxygen atoms in total. The Hall–Kier alpha value is -3.82. The topological polar surface area (TPSA) is 129 Å². The Morgan fingerprint density at radius 1 is 1.40 bits per heavy atom. The fourth-order valence-corrected chi connectivity index (χ4v) is 3.77. The number of amidine groups is 1. The van der Waals surface area contributed by atoms with Gasteiger partial charge in [0.1, 0.15) is 24.2 Å². The highest BCUT2D eigenvalue weighted by molar-refractivity contribution is 6.04. The van der Waals surface area contributed by atoms with Crippen LogP contribution in [0.1, 0.15) is 18.9 Å². The smallest absolute Gasteiger partial charge is 0.292 e. The van der Waals surface area contributed by atoms with E-state index in [-0.39, 0.29) is 24.0 Å². The van der Waals surface area contributed by atoms with Gasteiger partial charge >= 0.3 is 0 Å². The largest absolute Gasteiger partial charge is 0.493 e. The number of ether oxygens (including phenoxy) is 2. The fraction of sp³-hybridized carbons (Fsp3) is 0.250. The van der Waals surface area contributed by atoms with Gasteiger partial charge in [0.15, 0.2) is 17.4 Å². The van der Waals surface area contributed by atoms with Crippen molar-refractivity contribution >= 4 is 28.9 Å². The number of rotatable bonds is 4. The van der Waals surface area contributed by atoms with Crippen molar-refractivity contribution in [3.63, 3.8) is 0 Å². The van der Waals surface area contributed by atoms with Gasteiger partial charge in [-0.2, -0.15) is 9.37 Å². The number of carbonyl (C=O) groups is 1. The molecule has 5 rings (SSSR count). The lowest BCUT2D eigenvalue weighted by molar-refractivity contribution is -0.126. The van der Waals surface area contributed by atoms with E-state index in [9.17, 15) is 4.79 Å². The number of nitrogens with zero attached hydrogens (tertiary/aromatic N) is 3. The molecule has 30 heavy (non-hydrogen) atoms. The quantitative estimate of drug-likeness (QED) is 0.737. The van der Waals surface area contributed by atoms with Crippen molar-refractivity contribution in [3.8, 4) is 0 Å². The van der Waals surface area contributed by atoms with E-state index in [0.29, 0.717) is 41.2 Å². The molecule has 0 aliphatic carbocycles. The van der Waals surface area contributed by atoms with Gasteiger partial charge in [-0.15, -0.1) is 0 Å². The van der Waals surface area contributed by atoms with Crippen molar-refractivity contribution in [1.29, 1.82) is 0 Å². The molecular formula is C20H18FN5O4. The number of aromatic nitrogens is 1. The number of carbonyl (C=O) groups excluding carboxylic acids is 1. The maximum atomic E-state index is 15.3. The van der Waals surface area contributed by atoms with E-state index in [4.69, 9.17) is 25.4 Å². The summed E-state index contributed by atoms with van der Waals surface area (Å²) >= 11 is 0. The average molecular weight is 411 g/mol. The lowest BCUT2D eigenvalue weighted by Crippen LogP contribution is -2.34. The summed E-state index contributed by atoms with van der Waals surface area (Å²) in [6.45, 7) is 2.37. The minimum Gasteiger partial charge on any atom is -0.493 e. The van der Waals surface area contributed by atoms with Crippen LogP contribution in [0.25, 0.3) is 11.1 Å². The van der Waals surface area contributed by atoms with Gasteiger partial charge < -0.3 is 30.3 Å². The lowest BCUT2D eigenvalue weighted by Gasteiger charge is -2.30. The zero-order chi connectivity index (χ0) is 21.0. The molecule has 10 heteroatoms. The predicted octanol–water partition coefficient (Wildman–Crippen LogP) is 2.07. The van der Waals surface area contributed by atoms with E-state index in [0.717, 1.165) is 5.57 Å². The molecule has 3 aliphatic rings. The van der Waals surface area contributed by atoms with Gasteiger partial charge in [0.2, 0.25) is 5.95 Å². The summed E-state index contributed by atoms with van der Waals surface area (Å²) in [7, 11) is 0. The molecule has 1 atom stereocenters. The molecule has 1 amide bonds. The zero-order valence-electron chi connectivity index (χ0n) is 16.0. The molecule has 1 aromatic carbocycles. The van der Waals surface area contributed by atoms with Crippen LogP contribution in [0, 0.1) is 0 Å². The van der Waals surface area contributed by atoms with Gasteiger partial charge in [-0.25, -0.2) is 4.99 Å². The van der Waals surface area contributed by atoms with E-state index in [1.165, 1.54) is 13.2 Å². The molecule has 2 aromatic rings. The molecule has 0 fully saturated rings. The van der Waals surface area contributed by atoms with Crippen molar-refractivity contribution in [2.75, 3.05) is 18.9 Å². The number of oxazole rings is 1. The normalized spacial score (nSPS) is 19.2. The zero-order valence-corrected chi connectivity index (χ0v) is 16.0. The molecule has 0 saturated heterocycles. The minimum atomic E-state index is -0.956. The number of fused-ring (bicyclic) bond motifs is 1. The van der Waals surface area contributed by atoms with Crippen molar-refractivity contribution in [2.45, 2.75) is 19.4 Å². The molecule has 3 aliphatic heterocycles. The standard InChI is InChI=1S/C20H18FN5O4/c1-9(18(22)27)29-14-8-28-7-11-4-5-26-16(11)15(14)17(21)25-19(26)10-2-3-13-12(6-10)24-20(23)30-13/h2-3,6,8-9H,4-5,7H2,1H3,(H2,22,27)(H2,23,24). The first-order valence-corrected chi connectivity index (χ1v) is 9.35. The van der Waals surface area contributed by atoms with Crippen LogP contribution < -0.4 is 11.5 Å². The van der Waals surface area contributed by atoms with Crippen molar-refractivity contribution in [2.24, 2.45) is 10.7 Å². The van der Waals surface area contributed by atoms with Gasteiger partial charge in [0.05, 0.1) is 11.3 Å². The van der Waals surface area contributed by atoms with Crippen LogP contribution in [0.15, 0.2) is 62.4 Å². The van der Waals surface area contributed by atoms with Gasteiger partial charge in [0, 0.05) is 12.1 Å². The van der Waals surface area contributed by atoms with Gasteiger partial charge in [-0.3, -0.25) is 4.79 Å². The summed E-state index contributed by atoms with van der Waals surface area (Å²) in [5.74, 6) is -0.880. The first-order chi connectivity index (χ1) is 14.4. The van der Waals surface area contributed by atoms with E-state index in [1.807, 2.05) is 4.90 Å². The van der Waals surface area contributed by atoms with Gasteiger partial charge in [-0.05, 0) is 37.1 Å². The second-order valence-corrected chi connectivity index (χ2v) is 7.15. The number of primary amides is 1. The molecule has 1 unspecified atom stereocenters. The van der Waals surface area contributed by atoms with Crippen LogP contribution in [-0.4, -0.2) is 40.9 Å². The number of aliphatic imine (C=N–C) groups is 1. The van der Waals surface area contributed by atoms with Crippen LogP contribution in [-0.2, 0) is 14.3 Å². The number of benzene rings is 1. The highest BCUT2D eigenvalue weighted by atomic mass is 19.1. The Balaban J connectivity index is 1.62. The monoisotopic (exact) mass is 411 g/mol. The summed E-state index contributed by atoms with van der Waals surface area (Å²) in [5, 5.41) is 0. The second-order valence-electron chi connectivity index (χ2n) is 7.15. The third-order valence-electron chi connectivity index (χ3n) is 5.21. The fourth-order valence-electron chi connectivity index (χ4n) is 3.77. The SMILES string of the molecule is CC(OC1=COCC2=C3C1=C(F)N=C(c1ccc4oc(N)nc4c1)N3CC2)C(N)=O. The molecule has 0 saturated carbocycles. The molecule has 0 bridgehead atoms. The molecular weight excluding hydrogens is 393 g/mol. The van der Waals surface area contributed by atoms with Crippen LogP contribution in [0.2, 0.25) is 0 Å². The number of hydrogen-bond acceptors (Lipinski definition) is 8. The molecule has 0 spiro atoms. The molecule has 4 N–H and O–H groups in total. The first kappa shape index (κ1) is 18.2. The summed E-state index contributed by atoms with van der Waals surface area (Å²) in [6.07, 6.45) is 1.02. The minimum absolute atomic E-state index is 0.0590. The second kappa shape index (κ2) is 6.61. The van der Waals surface area contributed by atoms with Crippen molar-refractivity contribution < 1.29 is 23.1 Å². The van der Waals surface area contributed by atoms with Crippen LogP contribution in [0.4, 0.5) is 10.4 Å². The predicted molar refractivity (Wildman–Crippen MR) is 105 cm³/mol. The Labute approximate surface area is 170 Å². The van der Waals surface area contributed by atoms with Crippen LogP contribution in [0.3, 0.4) is 0 Å². The maximum Gasteiger partial charge on any atom is 0.292 e. The number of hydrogen-bond donors (Lipinski definition) is 2. The first-order valence-electron chi connectivity index (χ1n) is 9.35. The number of amides is 1. The van der Waals surface area contributed by atoms with Crippen molar-refractivity contribution in [3.05, 3.63) is 58.6 Å². The van der Waals surface area contributed by atoms with E-state index in [1.54, 1.807) is 18.2 Å². The van der Waals surface area contributed by atoms with Crippen LogP contribution in [0.5, 0.6) is 0 Å². The molecule has 154 valence electrons. The summed E-state index contributed by atoms with van der Waals surface area (Å²) < 4.78 is 31.8. The number of nitrogen functional groups attached to an aromatic ring is 1. The summed E-state index contributed by atoms with van der Waals surface area (Å²) in [5.41, 5.74) is 14.4. The molecule has 1 aromatic heterocycles. The molecule has 0 radical (unpaired) electrons. The third-order valence-corrected chi connectivity index (χ3v) is 5.21. The number of nitrogens with two attached hydrogens (primary N) is 2. The third kappa shape index (κ3) is 2.79. The van der Waals surface area contributed by atoms with E-state index < -0.39 is 18.0 Å². The lowest BCUT2D eigenvalue weighted by atomic mass is 10.0. The Morgan fingerprint density at radius 3 is 3.03 bits per heavy atom. The maximum absolute atomic E-state index is 15.3. The average Bonchev–Trinajstić information content (AvgIpc) is 3.23. The number of halogens is 1. The summed E-state index contributed by atoms with van der Waals surface area (Å²) in [6, 6.07) is 5.31. The Bertz CT molecular complexity index is 1210. The number of anilines is 1. The Morgan fingerprint density at radius 2 is 2.23 bits per heavy atom. The highest BCUT2D eigenvalue weighted by Crippen LogP contribution is 2.42. The van der Waals surface area contributed by atoms with E-state index in [2.05, 4.69) is 9.98 Å². The van der Waals surface area contributed by atoms with E-state index >= 15 is 4.39 Å². The van der Waals surface area contributed by atoms with Crippen LogP contribution >= 0.6 is 0 Å². The van der Waals surface area contributed by atoms with Gasteiger partial charge in [0.25, 0.3) is 11.9 Å². The Kier molecular flexibility index (Phi) is 4.02. The highest BCUT2D eigenvalue weighted by Gasteiger charge is 2.39. The van der Waals surface area contributed by atoms with Gasteiger partial charge in [-0.1, -0.05) is 0 Å². The van der Waals surface area contributed by atoms with Crippen molar-refractivity contribution in [1.82, 2.24) is 9.88 Å². The molecule has 4 heterocycles.